The predicted molar refractivity (Wildman–Crippen MR) is 98.4 cm³/mol. The summed E-state index contributed by atoms with van der Waals surface area (Å²) in [5, 5.41) is 19.7. The molecule has 134 valence electrons. The van der Waals surface area contributed by atoms with Gasteiger partial charge in [-0.15, -0.1) is 0 Å². The lowest BCUT2D eigenvalue weighted by molar-refractivity contribution is -0.384. The van der Waals surface area contributed by atoms with Crippen molar-refractivity contribution in [2.45, 2.75) is 25.8 Å². The third-order valence-electron chi connectivity index (χ3n) is 3.86. The Labute approximate surface area is 149 Å². The van der Waals surface area contributed by atoms with Gasteiger partial charge in [0.1, 0.15) is 5.69 Å². The number of hydrogen-bond acceptors (Lipinski definition) is 5. The van der Waals surface area contributed by atoms with Crippen LogP contribution in [0.5, 0.6) is 0 Å². The molecule has 3 N–H and O–H groups in total. The second kappa shape index (κ2) is 7.22. The molecular formula is C18H18N4O4. The van der Waals surface area contributed by atoms with E-state index in [4.69, 9.17) is 0 Å². The van der Waals surface area contributed by atoms with E-state index in [2.05, 4.69) is 16.0 Å². The summed E-state index contributed by atoms with van der Waals surface area (Å²) in [6.45, 7) is 1.41. The van der Waals surface area contributed by atoms with Crippen LogP contribution in [0.4, 0.5) is 22.7 Å². The average molecular weight is 354 g/mol. The Morgan fingerprint density at radius 2 is 1.65 bits per heavy atom. The van der Waals surface area contributed by atoms with E-state index >= 15 is 0 Å². The van der Waals surface area contributed by atoms with Crippen LogP contribution in [-0.4, -0.2) is 22.8 Å². The van der Waals surface area contributed by atoms with Gasteiger partial charge in [-0.25, -0.2) is 0 Å². The van der Waals surface area contributed by atoms with E-state index in [1.807, 2.05) is 0 Å². The number of benzene rings is 2. The lowest BCUT2D eigenvalue weighted by Crippen LogP contribution is -2.13. The molecule has 8 heteroatoms. The molecule has 0 spiro atoms. The number of nitrogens with zero attached hydrogens (tertiary/aromatic N) is 1. The van der Waals surface area contributed by atoms with E-state index in [0.29, 0.717) is 17.1 Å². The normalized spacial score (nSPS) is 13.0. The number of nitro benzene ring substituents is 1. The highest BCUT2D eigenvalue weighted by Crippen LogP contribution is 2.31. The summed E-state index contributed by atoms with van der Waals surface area (Å²) in [4.78, 5) is 34.2. The van der Waals surface area contributed by atoms with E-state index in [1.165, 1.54) is 13.0 Å². The monoisotopic (exact) mass is 354 g/mol. The summed E-state index contributed by atoms with van der Waals surface area (Å²) in [5.74, 6) is -0.632. The minimum absolute atomic E-state index is 0.120. The van der Waals surface area contributed by atoms with Gasteiger partial charge in [-0.3, -0.25) is 19.7 Å². The van der Waals surface area contributed by atoms with Crippen LogP contribution < -0.4 is 16.0 Å². The van der Waals surface area contributed by atoms with Crippen LogP contribution in [-0.2, 0) is 4.79 Å². The molecule has 1 saturated carbocycles. The Balaban J connectivity index is 1.73. The van der Waals surface area contributed by atoms with Gasteiger partial charge in [0.15, 0.2) is 0 Å². The van der Waals surface area contributed by atoms with Crippen LogP contribution in [0.3, 0.4) is 0 Å². The van der Waals surface area contributed by atoms with Crippen molar-refractivity contribution in [2.24, 2.45) is 0 Å². The highest BCUT2D eigenvalue weighted by molar-refractivity contribution is 6.05. The van der Waals surface area contributed by atoms with Crippen LogP contribution in [0.25, 0.3) is 0 Å². The molecule has 0 bridgehead atoms. The number of anilines is 3. The summed E-state index contributed by atoms with van der Waals surface area (Å²) >= 11 is 0. The maximum atomic E-state index is 12.4. The summed E-state index contributed by atoms with van der Waals surface area (Å²) in [5.41, 5.74) is 1.64. The minimum atomic E-state index is -0.496. The molecule has 0 saturated heterocycles. The number of carbonyl (C=O) groups excluding carboxylic acids is 2. The second-order valence-corrected chi connectivity index (χ2v) is 6.12. The van der Waals surface area contributed by atoms with Gasteiger partial charge in [0, 0.05) is 36.0 Å². The molecule has 0 aliphatic heterocycles. The van der Waals surface area contributed by atoms with Gasteiger partial charge in [0.05, 0.1) is 4.92 Å². The molecule has 2 aromatic carbocycles. The number of nitrogens with one attached hydrogen (secondary N) is 3. The molecule has 2 aromatic rings. The Morgan fingerprint density at radius 1 is 1.04 bits per heavy atom. The zero-order valence-electron chi connectivity index (χ0n) is 14.1. The van der Waals surface area contributed by atoms with Crippen LogP contribution >= 0.6 is 0 Å². The van der Waals surface area contributed by atoms with Crippen LogP contribution in [0.15, 0.2) is 42.5 Å². The van der Waals surface area contributed by atoms with Crippen LogP contribution in [0.2, 0.25) is 0 Å². The van der Waals surface area contributed by atoms with Crippen molar-refractivity contribution < 1.29 is 14.5 Å². The summed E-state index contributed by atoms with van der Waals surface area (Å²) in [7, 11) is 0. The molecular weight excluding hydrogens is 336 g/mol. The second-order valence-electron chi connectivity index (χ2n) is 6.12. The Bertz CT molecular complexity index is 860. The molecule has 1 fully saturated rings. The molecule has 26 heavy (non-hydrogen) atoms. The number of amides is 2. The fraction of sp³-hybridized carbons (Fsp3) is 0.222. The van der Waals surface area contributed by atoms with Crippen LogP contribution in [0, 0.1) is 10.1 Å². The first-order chi connectivity index (χ1) is 12.4. The van der Waals surface area contributed by atoms with Crippen molar-refractivity contribution in [3.63, 3.8) is 0 Å². The van der Waals surface area contributed by atoms with Crippen LogP contribution in [0.1, 0.15) is 30.1 Å². The molecule has 0 atom stereocenters. The first kappa shape index (κ1) is 17.4. The number of rotatable bonds is 6. The van der Waals surface area contributed by atoms with E-state index in [-0.39, 0.29) is 23.2 Å². The molecule has 0 aromatic heterocycles. The van der Waals surface area contributed by atoms with Gasteiger partial charge in [-0.1, -0.05) is 0 Å². The van der Waals surface area contributed by atoms with Crippen molar-refractivity contribution in [3.8, 4) is 0 Å². The van der Waals surface area contributed by atoms with E-state index in [9.17, 15) is 19.7 Å². The van der Waals surface area contributed by atoms with Gasteiger partial charge < -0.3 is 16.0 Å². The van der Waals surface area contributed by atoms with E-state index in [1.54, 1.807) is 36.4 Å². The quantitative estimate of drug-likeness (QED) is 0.543. The molecule has 2 amide bonds. The summed E-state index contributed by atoms with van der Waals surface area (Å²) in [6, 6.07) is 11.2. The number of carbonyl (C=O) groups is 2. The number of hydrogen-bond donors (Lipinski definition) is 3. The van der Waals surface area contributed by atoms with Crippen molar-refractivity contribution in [1.82, 2.24) is 0 Å². The molecule has 8 nitrogen and oxygen atoms in total. The first-order valence-corrected chi connectivity index (χ1v) is 8.16. The van der Waals surface area contributed by atoms with E-state index < -0.39 is 10.8 Å². The topological polar surface area (TPSA) is 113 Å². The van der Waals surface area contributed by atoms with Gasteiger partial charge in [-0.05, 0) is 49.2 Å². The molecule has 1 aliphatic carbocycles. The Hall–Kier alpha value is -3.42. The maximum Gasteiger partial charge on any atom is 0.293 e. The van der Waals surface area contributed by atoms with Gasteiger partial charge in [-0.2, -0.15) is 0 Å². The van der Waals surface area contributed by atoms with Crippen molar-refractivity contribution in [3.05, 3.63) is 58.1 Å². The van der Waals surface area contributed by atoms with Crippen molar-refractivity contribution in [1.29, 1.82) is 0 Å². The highest BCUT2D eigenvalue weighted by Gasteiger charge is 2.25. The van der Waals surface area contributed by atoms with Gasteiger partial charge >= 0.3 is 0 Å². The third kappa shape index (κ3) is 4.35. The zero-order chi connectivity index (χ0) is 18.7. The average Bonchev–Trinajstić information content (AvgIpc) is 3.40. The molecule has 0 unspecified atom stereocenters. The molecule has 3 rings (SSSR count). The molecule has 0 heterocycles. The molecule has 1 aliphatic rings. The Kier molecular flexibility index (Phi) is 4.83. The van der Waals surface area contributed by atoms with Crippen molar-refractivity contribution in [2.75, 3.05) is 16.0 Å². The summed E-state index contributed by atoms with van der Waals surface area (Å²) < 4.78 is 0. The third-order valence-corrected chi connectivity index (χ3v) is 3.86. The lowest BCUT2D eigenvalue weighted by Gasteiger charge is -2.09. The zero-order valence-corrected chi connectivity index (χ0v) is 14.1. The fourth-order valence-electron chi connectivity index (χ4n) is 2.44. The SMILES string of the molecule is CC(=O)Nc1ccc(NC(=O)c2ccc(NC3CC3)c([N+](=O)[O-])c2)cc1. The minimum Gasteiger partial charge on any atom is -0.377 e. The van der Waals surface area contributed by atoms with Crippen molar-refractivity contribution >= 4 is 34.6 Å². The first-order valence-electron chi connectivity index (χ1n) is 8.16. The Morgan fingerprint density at radius 3 is 2.19 bits per heavy atom. The van der Waals surface area contributed by atoms with E-state index in [0.717, 1.165) is 12.8 Å². The molecule has 0 radical (unpaired) electrons. The smallest absolute Gasteiger partial charge is 0.293 e. The largest absolute Gasteiger partial charge is 0.377 e. The number of nitro groups is 1. The van der Waals surface area contributed by atoms with Gasteiger partial charge in [0.2, 0.25) is 5.91 Å². The highest BCUT2D eigenvalue weighted by atomic mass is 16.6. The van der Waals surface area contributed by atoms with Gasteiger partial charge in [0.25, 0.3) is 11.6 Å². The fourth-order valence-corrected chi connectivity index (χ4v) is 2.44. The standard InChI is InChI=1S/C18H18N4O4/c1-11(23)19-13-3-7-15(8-4-13)21-18(24)12-2-9-16(20-14-5-6-14)17(10-12)22(25)26/h2-4,7-10,14,20H,5-6H2,1H3,(H,19,23)(H,21,24). The summed E-state index contributed by atoms with van der Waals surface area (Å²) in [6.07, 6.45) is 1.99. The predicted octanol–water partition coefficient (Wildman–Crippen LogP) is 3.38. The maximum absolute atomic E-state index is 12.4. The lowest BCUT2D eigenvalue weighted by atomic mass is 10.1.